The van der Waals surface area contributed by atoms with Crippen molar-refractivity contribution >= 4 is 86.2 Å². The predicted octanol–water partition coefficient (Wildman–Crippen LogP) is 15.4. The maximum Gasteiger partial charge on any atom is -0.00141 e. The highest BCUT2D eigenvalue weighted by Crippen LogP contribution is 2.49. The van der Waals surface area contributed by atoms with Crippen LogP contribution in [0.1, 0.15) is 0 Å². The maximum absolute atomic E-state index is 2.48. The van der Waals surface area contributed by atoms with Gasteiger partial charge in [-0.3, -0.25) is 0 Å². The molecule has 0 unspecified atom stereocenters. The molecule has 0 aromatic heterocycles. The van der Waals surface area contributed by atoms with E-state index in [-0.39, 0.29) is 0 Å². The van der Waals surface area contributed by atoms with Gasteiger partial charge >= 0.3 is 0 Å². The van der Waals surface area contributed by atoms with Gasteiger partial charge in [-0.25, -0.2) is 0 Å². The molecular formula is C54H32. The van der Waals surface area contributed by atoms with Crippen molar-refractivity contribution in [3.63, 3.8) is 0 Å². The molecule has 54 heavy (non-hydrogen) atoms. The van der Waals surface area contributed by atoms with Gasteiger partial charge in [0.1, 0.15) is 0 Å². The van der Waals surface area contributed by atoms with Gasteiger partial charge in [0.2, 0.25) is 0 Å². The van der Waals surface area contributed by atoms with Crippen LogP contribution >= 0.6 is 0 Å². The quantitative estimate of drug-likeness (QED) is 0.163. The van der Waals surface area contributed by atoms with Gasteiger partial charge in [0.15, 0.2) is 0 Å². The Labute approximate surface area is 312 Å². The minimum atomic E-state index is 1.25. The molecule has 0 fully saturated rings. The summed E-state index contributed by atoms with van der Waals surface area (Å²) in [5, 5.41) is 20.5. The van der Waals surface area contributed by atoms with Crippen molar-refractivity contribution in [2.24, 2.45) is 0 Å². The van der Waals surface area contributed by atoms with Crippen LogP contribution in [0.4, 0.5) is 0 Å². The summed E-state index contributed by atoms with van der Waals surface area (Å²) in [5.41, 5.74) is 7.61. The largest absolute Gasteiger partial charge is 0.0616 e. The fraction of sp³-hybridized carbons (Fsp3) is 0. The van der Waals surface area contributed by atoms with E-state index >= 15 is 0 Å². The molecule has 0 atom stereocenters. The van der Waals surface area contributed by atoms with E-state index in [1.807, 2.05) is 0 Å². The highest BCUT2D eigenvalue weighted by Gasteiger charge is 2.21. The molecule has 0 aliphatic heterocycles. The van der Waals surface area contributed by atoms with Crippen molar-refractivity contribution in [2.45, 2.75) is 0 Å². The molecule has 0 heterocycles. The first-order valence-electron chi connectivity index (χ1n) is 18.8. The van der Waals surface area contributed by atoms with Crippen molar-refractivity contribution in [1.29, 1.82) is 0 Å². The van der Waals surface area contributed by atoms with Gasteiger partial charge in [0.05, 0.1) is 0 Å². The molecule has 12 aromatic rings. The summed E-state index contributed by atoms with van der Waals surface area (Å²) in [6.07, 6.45) is 0. The summed E-state index contributed by atoms with van der Waals surface area (Å²) in [7, 11) is 0. The summed E-state index contributed by atoms with van der Waals surface area (Å²) >= 11 is 0. The predicted molar refractivity (Wildman–Crippen MR) is 234 cm³/mol. The van der Waals surface area contributed by atoms with Crippen molar-refractivity contribution in [3.05, 3.63) is 194 Å². The second kappa shape index (κ2) is 11.2. The highest BCUT2D eigenvalue weighted by atomic mass is 14.2. The molecule has 0 amide bonds. The summed E-state index contributed by atoms with van der Waals surface area (Å²) in [6, 6.07) is 72.5. The van der Waals surface area contributed by atoms with Gasteiger partial charge in [0, 0.05) is 0 Å². The van der Waals surface area contributed by atoms with Gasteiger partial charge in [-0.05, 0) is 138 Å². The summed E-state index contributed by atoms with van der Waals surface area (Å²) in [5.74, 6) is 0. The first kappa shape index (κ1) is 29.5. The van der Waals surface area contributed by atoms with E-state index in [4.69, 9.17) is 0 Å². The monoisotopic (exact) mass is 680 g/mol. The van der Waals surface area contributed by atoms with E-state index in [9.17, 15) is 0 Å². The Bertz CT molecular complexity index is 3490. The van der Waals surface area contributed by atoms with Crippen LogP contribution in [0.15, 0.2) is 194 Å². The molecule has 0 N–H and O–H groups in total. The maximum atomic E-state index is 2.48. The zero-order chi connectivity index (χ0) is 35.3. The van der Waals surface area contributed by atoms with E-state index < -0.39 is 0 Å². The lowest BCUT2D eigenvalue weighted by Gasteiger charge is -2.21. The van der Waals surface area contributed by atoms with E-state index in [0.717, 1.165) is 0 Å². The number of fused-ring (bicyclic) bond motifs is 7. The smallest absolute Gasteiger partial charge is 0.00141 e. The third-order valence-corrected chi connectivity index (χ3v) is 12.0. The molecule has 0 saturated carbocycles. The van der Waals surface area contributed by atoms with E-state index in [0.29, 0.717) is 0 Å². The first-order valence-corrected chi connectivity index (χ1v) is 18.8. The minimum Gasteiger partial charge on any atom is -0.0616 e. The van der Waals surface area contributed by atoms with Crippen LogP contribution in [0.25, 0.3) is 120 Å². The van der Waals surface area contributed by atoms with Crippen LogP contribution in [0.3, 0.4) is 0 Å². The zero-order valence-corrected chi connectivity index (χ0v) is 29.5. The van der Waals surface area contributed by atoms with Crippen LogP contribution in [-0.4, -0.2) is 0 Å². The Morgan fingerprint density at radius 2 is 0.574 bits per heavy atom. The molecule has 0 spiro atoms. The normalized spacial score (nSPS) is 12.1. The fourth-order valence-electron chi connectivity index (χ4n) is 9.59. The lowest BCUT2D eigenvalue weighted by atomic mass is 9.82. The first-order chi connectivity index (χ1) is 26.8. The Kier molecular flexibility index (Phi) is 6.15. The number of hydrogen-bond donors (Lipinski definition) is 0. The Balaban J connectivity index is 1.26. The van der Waals surface area contributed by atoms with Crippen LogP contribution < -0.4 is 0 Å². The standard InChI is InChI=1S/C54H32/c1-4-16-37-33(12-1)15-11-23-42(37)51-32-52(50-31-36-14-3-6-18-39(36)41-20-8-10-22-44(41)50)47-27-25-34-24-26-45(46-28-29-48(51)54(47)53(34)46)49-30-35-13-2-5-17-38(35)40-19-7-9-21-43(40)49/h1-32H. The van der Waals surface area contributed by atoms with Crippen molar-refractivity contribution in [3.8, 4) is 33.4 Å². The topological polar surface area (TPSA) is 0 Å². The molecule has 0 bridgehead atoms. The van der Waals surface area contributed by atoms with E-state index in [2.05, 4.69) is 194 Å². The second-order valence-corrected chi connectivity index (χ2v) is 14.7. The molecule has 0 heteroatoms. The van der Waals surface area contributed by atoms with Gasteiger partial charge in [-0.2, -0.15) is 0 Å². The SMILES string of the molecule is c1ccc2c(-c3cc(-c4cc5ccccc5c5ccccc45)c4ccc5ccc(-c6cc7ccccc7c7ccccc67)c6ccc3c4c56)cccc2c1. The molecule has 0 nitrogen and oxygen atoms in total. The Morgan fingerprint density at radius 3 is 1.22 bits per heavy atom. The molecule has 0 aliphatic carbocycles. The molecule has 0 aliphatic rings. The lowest BCUT2D eigenvalue weighted by Crippen LogP contribution is -1.94. The molecule has 12 rings (SSSR count). The number of hydrogen-bond acceptors (Lipinski definition) is 0. The summed E-state index contributed by atoms with van der Waals surface area (Å²) < 4.78 is 0. The van der Waals surface area contributed by atoms with Crippen molar-refractivity contribution in [1.82, 2.24) is 0 Å². The van der Waals surface area contributed by atoms with Gasteiger partial charge in [-0.1, -0.05) is 176 Å². The average Bonchev–Trinajstić information content (AvgIpc) is 3.24. The van der Waals surface area contributed by atoms with Gasteiger partial charge in [-0.15, -0.1) is 0 Å². The second-order valence-electron chi connectivity index (χ2n) is 14.7. The van der Waals surface area contributed by atoms with Gasteiger partial charge in [0.25, 0.3) is 0 Å². The molecular weight excluding hydrogens is 649 g/mol. The summed E-state index contributed by atoms with van der Waals surface area (Å²) in [4.78, 5) is 0. The third kappa shape index (κ3) is 4.14. The Hall–Kier alpha value is -7.02. The highest BCUT2D eigenvalue weighted by molar-refractivity contribution is 6.32. The van der Waals surface area contributed by atoms with Crippen LogP contribution in [0.2, 0.25) is 0 Å². The van der Waals surface area contributed by atoms with Crippen LogP contribution in [0, 0.1) is 0 Å². The average molecular weight is 681 g/mol. The van der Waals surface area contributed by atoms with Crippen LogP contribution in [0.5, 0.6) is 0 Å². The fourth-order valence-corrected chi connectivity index (χ4v) is 9.59. The lowest BCUT2D eigenvalue weighted by molar-refractivity contribution is 1.68. The third-order valence-electron chi connectivity index (χ3n) is 12.0. The van der Waals surface area contributed by atoms with Gasteiger partial charge < -0.3 is 0 Å². The van der Waals surface area contributed by atoms with E-state index in [1.54, 1.807) is 0 Å². The summed E-state index contributed by atoms with van der Waals surface area (Å²) in [6.45, 7) is 0. The minimum absolute atomic E-state index is 1.25. The molecule has 0 radical (unpaired) electrons. The molecule has 12 aromatic carbocycles. The van der Waals surface area contributed by atoms with Crippen molar-refractivity contribution in [2.75, 3.05) is 0 Å². The van der Waals surface area contributed by atoms with Crippen LogP contribution in [-0.2, 0) is 0 Å². The van der Waals surface area contributed by atoms with E-state index in [1.165, 1.54) is 120 Å². The molecule has 248 valence electrons. The van der Waals surface area contributed by atoms with Crippen molar-refractivity contribution < 1.29 is 0 Å². The molecule has 0 saturated heterocycles. The number of rotatable bonds is 3. The number of benzene rings is 12. The Morgan fingerprint density at radius 1 is 0.167 bits per heavy atom. The zero-order valence-electron chi connectivity index (χ0n) is 29.5.